The lowest BCUT2D eigenvalue weighted by molar-refractivity contribution is -0.137. The molecule has 1 heterocycles. The lowest BCUT2D eigenvalue weighted by Crippen LogP contribution is -2.59. The number of piperazine rings is 1. The summed E-state index contributed by atoms with van der Waals surface area (Å²) in [6.45, 7) is 0.258. The minimum absolute atomic E-state index is 0.0561. The van der Waals surface area contributed by atoms with E-state index in [4.69, 9.17) is 15.7 Å². The number of nitrogens with zero attached hydrogens (tertiary/aromatic N) is 3. The third-order valence-electron chi connectivity index (χ3n) is 5.31. The van der Waals surface area contributed by atoms with Gasteiger partial charge in [0.1, 0.15) is 11.8 Å². The molecule has 32 heavy (non-hydrogen) atoms. The number of amides is 2. The van der Waals surface area contributed by atoms with E-state index in [1.54, 1.807) is 24.3 Å². The van der Waals surface area contributed by atoms with E-state index in [0.717, 1.165) is 17.7 Å². The number of rotatable bonds is 5. The number of nitriles is 1. The first-order valence-electron chi connectivity index (χ1n) is 9.72. The van der Waals surface area contributed by atoms with E-state index in [-0.39, 0.29) is 37.6 Å². The van der Waals surface area contributed by atoms with Crippen LogP contribution in [0.25, 0.3) is 0 Å². The molecule has 0 aliphatic carbocycles. The van der Waals surface area contributed by atoms with Gasteiger partial charge in [-0.2, -0.15) is 18.4 Å². The van der Waals surface area contributed by atoms with E-state index in [1.807, 2.05) is 0 Å². The zero-order valence-corrected chi connectivity index (χ0v) is 17.2. The molecule has 1 atom stereocenters. The Bertz CT molecular complexity index is 1070. The van der Waals surface area contributed by atoms with Crippen LogP contribution < -0.4 is 15.4 Å². The molecule has 0 saturated carbocycles. The zero-order chi connectivity index (χ0) is 23.5. The molecule has 1 aliphatic heterocycles. The minimum atomic E-state index is -4.72. The van der Waals surface area contributed by atoms with Gasteiger partial charge in [-0.15, -0.1) is 0 Å². The average molecular weight is 446 g/mol. The van der Waals surface area contributed by atoms with Crippen LogP contribution in [0.5, 0.6) is 5.75 Å². The van der Waals surface area contributed by atoms with Gasteiger partial charge < -0.3 is 20.3 Å². The van der Waals surface area contributed by atoms with E-state index < -0.39 is 29.3 Å². The van der Waals surface area contributed by atoms with Crippen LogP contribution in [0.3, 0.4) is 0 Å². The van der Waals surface area contributed by atoms with E-state index >= 15 is 0 Å². The van der Waals surface area contributed by atoms with Crippen molar-refractivity contribution in [1.29, 1.82) is 5.26 Å². The summed E-state index contributed by atoms with van der Waals surface area (Å²) in [5, 5.41) is 8.98. The molecule has 1 saturated heterocycles. The molecule has 2 amide bonds. The minimum Gasteiger partial charge on any atom is -0.497 e. The number of hydrogen-bond donors (Lipinski definition) is 1. The van der Waals surface area contributed by atoms with E-state index in [9.17, 15) is 22.8 Å². The number of methoxy groups -OCH3 is 1. The molecule has 3 rings (SSSR count). The van der Waals surface area contributed by atoms with Crippen LogP contribution in [0.4, 0.5) is 18.9 Å². The van der Waals surface area contributed by atoms with E-state index in [0.29, 0.717) is 5.75 Å². The Morgan fingerprint density at radius 1 is 1.22 bits per heavy atom. The lowest BCUT2D eigenvalue weighted by atomic mass is 10.0. The van der Waals surface area contributed by atoms with Gasteiger partial charge in [-0.3, -0.25) is 9.59 Å². The summed E-state index contributed by atoms with van der Waals surface area (Å²) in [6, 6.07) is 10.8. The number of anilines is 1. The number of benzene rings is 2. The second kappa shape index (κ2) is 9.18. The first kappa shape index (κ1) is 22.9. The van der Waals surface area contributed by atoms with Gasteiger partial charge in [0, 0.05) is 18.8 Å². The van der Waals surface area contributed by atoms with Crippen molar-refractivity contribution in [3.05, 3.63) is 59.2 Å². The molecule has 1 unspecified atom stereocenters. The Morgan fingerprint density at radius 2 is 1.97 bits per heavy atom. The second-order valence-electron chi connectivity index (χ2n) is 7.32. The molecule has 7 nitrogen and oxygen atoms in total. The number of alkyl halides is 3. The fourth-order valence-corrected chi connectivity index (χ4v) is 3.67. The highest BCUT2D eigenvalue weighted by Crippen LogP contribution is 2.35. The van der Waals surface area contributed by atoms with Crippen LogP contribution in [0.2, 0.25) is 0 Å². The second-order valence-corrected chi connectivity index (χ2v) is 7.32. The predicted molar refractivity (Wildman–Crippen MR) is 110 cm³/mol. The summed E-state index contributed by atoms with van der Waals surface area (Å²) >= 11 is 0. The van der Waals surface area contributed by atoms with E-state index in [1.165, 1.54) is 29.0 Å². The highest BCUT2D eigenvalue weighted by Gasteiger charge is 2.37. The maximum atomic E-state index is 13.3. The van der Waals surface area contributed by atoms with Gasteiger partial charge in [0.25, 0.3) is 0 Å². The highest BCUT2D eigenvalue weighted by atomic mass is 19.4. The van der Waals surface area contributed by atoms with Crippen LogP contribution >= 0.6 is 0 Å². The number of primary amides is 1. The molecule has 0 spiro atoms. The van der Waals surface area contributed by atoms with Gasteiger partial charge in [0.05, 0.1) is 37.3 Å². The number of carbonyl (C=O) groups is 2. The smallest absolute Gasteiger partial charge is 0.417 e. The lowest BCUT2D eigenvalue weighted by Gasteiger charge is -2.41. The summed E-state index contributed by atoms with van der Waals surface area (Å²) in [4.78, 5) is 27.8. The summed E-state index contributed by atoms with van der Waals surface area (Å²) < 4.78 is 45.2. The quantitative estimate of drug-likeness (QED) is 0.760. The van der Waals surface area contributed by atoms with Crippen LogP contribution in [0.1, 0.15) is 16.7 Å². The van der Waals surface area contributed by atoms with Gasteiger partial charge >= 0.3 is 6.18 Å². The number of ether oxygens (including phenoxy) is 1. The van der Waals surface area contributed by atoms with Crippen molar-refractivity contribution in [3.8, 4) is 11.8 Å². The van der Waals surface area contributed by atoms with Gasteiger partial charge in [-0.25, -0.2) is 0 Å². The fraction of sp³-hybridized carbons (Fsp3) is 0.318. The molecule has 2 N–H and O–H groups in total. The Hall–Kier alpha value is -3.74. The molecule has 0 bridgehead atoms. The molecule has 168 valence electrons. The third-order valence-corrected chi connectivity index (χ3v) is 5.31. The van der Waals surface area contributed by atoms with Crippen LogP contribution in [0.15, 0.2) is 42.5 Å². The van der Waals surface area contributed by atoms with Crippen LogP contribution in [-0.2, 0) is 22.2 Å². The Balaban J connectivity index is 1.80. The first-order chi connectivity index (χ1) is 15.1. The molecule has 2 aromatic carbocycles. The van der Waals surface area contributed by atoms with Crippen molar-refractivity contribution in [2.45, 2.75) is 18.6 Å². The zero-order valence-electron chi connectivity index (χ0n) is 17.2. The standard InChI is InChI=1S/C22H21F3N4O3/c1-32-17-4-2-3-14(9-17)10-20(30)28-7-8-29(19(13-28)21(27)31)16-6-5-15(12-26)18(11-16)22(23,24)25/h2-6,9,11,19H,7-8,10,13H2,1H3,(H2,27,31). The molecule has 1 fully saturated rings. The van der Waals surface area contributed by atoms with Crippen molar-refractivity contribution in [2.75, 3.05) is 31.6 Å². The van der Waals surface area contributed by atoms with Gasteiger partial charge in [-0.05, 0) is 35.9 Å². The summed E-state index contributed by atoms with van der Waals surface area (Å²) in [6.07, 6.45) is -4.64. The largest absolute Gasteiger partial charge is 0.497 e. The normalized spacial score (nSPS) is 16.4. The summed E-state index contributed by atoms with van der Waals surface area (Å²) in [5.41, 5.74) is 4.76. The van der Waals surface area contributed by atoms with Crippen molar-refractivity contribution >= 4 is 17.5 Å². The van der Waals surface area contributed by atoms with Gasteiger partial charge in [0.15, 0.2) is 0 Å². The third kappa shape index (κ3) is 4.94. The Kier molecular flexibility index (Phi) is 6.58. The summed E-state index contributed by atoms with van der Waals surface area (Å²) in [5.74, 6) is -0.391. The monoisotopic (exact) mass is 446 g/mol. The maximum absolute atomic E-state index is 13.3. The summed E-state index contributed by atoms with van der Waals surface area (Å²) in [7, 11) is 1.52. The number of nitrogens with two attached hydrogens (primary N) is 1. The molecular weight excluding hydrogens is 425 g/mol. The molecule has 1 aliphatic rings. The van der Waals surface area contributed by atoms with Gasteiger partial charge in [-0.1, -0.05) is 12.1 Å². The highest BCUT2D eigenvalue weighted by molar-refractivity contribution is 5.86. The number of carbonyl (C=O) groups excluding carboxylic acids is 2. The van der Waals surface area contributed by atoms with E-state index in [2.05, 4.69) is 0 Å². The Labute approximate surface area is 182 Å². The molecule has 10 heteroatoms. The Morgan fingerprint density at radius 3 is 2.59 bits per heavy atom. The van der Waals surface area contributed by atoms with Crippen LogP contribution in [0, 0.1) is 11.3 Å². The molecule has 0 aromatic heterocycles. The molecular formula is C22H21F3N4O3. The SMILES string of the molecule is COc1cccc(CC(=O)N2CCN(c3ccc(C#N)c(C(F)(F)F)c3)C(C(N)=O)C2)c1. The van der Waals surface area contributed by atoms with Crippen molar-refractivity contribution in [2.24, 2.45) is 5.73 Å². The fourth-order valence-electron chi connectivity index (χ4n) is 3.67. The maximum Gasteiger partial charge on any atom is 0.417 e. The molecule has 2 aromatic rings. The topological polar surface area (TPSA) is 99.7 Å². The average Bonchev–Trinajstić information content (AvgIpc) is 2.77. The van der Waals surface area contributed by atoms with Crippen molar-refractivity contribution < 1.29 is 27.5 Å². The number of hydrogen-bond acceptors (Lipinski definition) is 5. The van der Waals surface area contributed by atoms with Crippen molar-refractivity contribution in [3.63, 3.8) is 0 Å². The van der Waals surface area contributed by atoms with Crippen molar-refractivity contribution in [1.82, 2.24) is 4.90 Å². The van der Waals surface area contributed by atoms with Crippen LogP contribution in [-0.4, -0.2) is 49.5 Å². The van der Waals surface area contributed by atoms with Gasteiger partial charge in [0.2, 0.25) is 11.8 Å². The first-order valence-corrected chi connectivity index (χ1v) is 9.72. The predicted octanol–water partition coefficient (Wildman–Crippen LogP) is 2.33. The molecule has 0 radical (unpaired) electrons. The number of halogens is 3.